The molecular weight excluding hydrogens is 266 g/mol. The third-order valence-electron chi connectivity index (χ3n) is 2.76. The first-order chi connectivity index (χ1) is 10.2. The van der Waals surface area contributed by atoms with Crippen LogP contribution in [0.5, 0.6) is 6.01 Å². The van der Waals surface area contributed by atoms with Gasteiger partial charge < -0.3 is 15.4 Å². The number of hydrogen-bond acceptors (Lipinski definition) is 6. The molecule has 0 fully saturated rings. The van der Waals surface area contributed by atoms with E-state index < -0.39 is 0 Å². The molecule has 0 atom stereocenters. The minimum atomic E-state index is 0.329. The molecule has 2 rings (SSSR count). The maximum Gasteiger partial charge on any atom is 0.323 e. The lowest BCUT2D eigenvalue weighted by Crippen LogP contribution is -2.10. The molecule has 2 aromatic rings. The highest BCUT2D eigenvalue weighted by atomic mass is 16.5. The van der Waals surface area contributed by atoms with Crippen molar-refractivity contribution in [2.24, 2.45) is 0 Å². The Kier molecular flexibility index (Phi) is 5.31. The molecule has 2 N–H and O–H groups in total. The van der Waals surface area contributed by atoms with Crippen molar-refractivity contribution < 1.29 is 4.74 Å². The largest absolute Gasteiger partial charge is 0.464 e. The summed E-state index contributed by atoms with van der Waals surface area (Å²) in [6.45, 7) is 7.88. The lowest BCUT2D eigenvalue weighted by atomic mass is 10.1. The predicted octanol–water partition coefficient (Wildman–Crippen LogP) is 2.62. The Bertz CT molecular complexity index is 564. The van der Waals surface area contributed by atoms with E-state index in [0.717, 1.165) is 6.54 Å². The van der Waals surface area contributed by atoms with Gasteiger partial charge in [-0.2, -0.15) is 15.0 Å². The van der Waals surface area contributed by atoms with Crippen LogP contribution in [-0.2, 0) is 6.54 Å². The summed E-state index contributed by atoms with van der Waals surface area (Å²) >= 11 is 0. The van der Waals surface area contributed by atoms with Gasteiger partial charge in [0, 0.05) is 13.1 Å². The number of nitrogens with one attached hydrogen (secondary N) is 2. The smallest absolute Gasteiger partial charge is 0.323 e. The average Bonchev–Trinajstić information content (AvgIpc) is 2.46. The standard InChI is InChI=1S/C15H21N5O/c1-4-16-13-18-14(20-15(19-13)21-5-2)17-10-12-8-6-7-11(3)9-12/h6-9H,4-5,10H2,1-3H3,(H2,16,17,18,19,20). The molecular formula is C15H21N5O. The zero-order chi connectivity index (χ0) is 15.1. The molecule has 112 valence electrons. The van der Waals surface area contributed by atoms with Crippen LogP contribution < -0.4 is 15.4 Å². The number of benzene rings is 1. The zero-order valence-corrected chi connectivity index (χ0v) is 12.7. The number of hydrogen-bond donors (Lipinski definition) is 2. The Balaban J connectivity index is 2.10. The monoisotopic (exact) mass is 287 g/mol. The van der Waals surface area contributed by atoms with Crippen molar-refractivity contribution in [3.63, 3.8) is 0 Å². The first kappa shape index (κ1) is 15.0. The summed E-state index contributed by atoms with van der Waals surface area (Å²) in [6, 6.07) is 8.63. The first-order valence-corrected chi connectivity index (χ1v) is 7.13. The summed E-state index contributed by atoms with van der Waals surface area (Å²) < 4.78 is 5.36. The SMILES string of the molecule is CCNc1nc(NCc2cccc(C)c2)nc(OCC)n1. The van der Waals surface area contributed by atoms with Crippen LogP contribution in [-0.4, -0.2) is 28.1 Å². The fraction of sp³-hybridized carbons (Fsp3) is 0.400. The second-order valence-corrected chi connectivity index (χ2v) is 4.57. The van der Waals surface area contributed by atoms with Crippen molar-refractivity contribution in [2.45, 2.75) is 27.3 Å². The summed E-state index contributed by atoms with van der Waals surface area (Å²) in [4.78, 5) is 12.8. The van der Waals surface area contributed by atoms with Crippen molar-refractivity contribution in [3.8, 4) is 6.01 Å². The zero-order valence-electron chi connectivity index (χ0n) is 12.7. The van der Waals surface area contributed by atoms with Gasteiger partial charge in [-0.15, -0.1) is 0 Å². The number of nitrogens with zero attached hydrogens (tertiary/aromatic N) is 3. The van der Waals surface area contributed by atoms with Gasteiger partial charge in [0.15, 0.2) is 0 Å². The highest BCUT2D eigenvalue weighted by Crippen LogP contribution is 2.12. The molecule has 0 aliphatic rings. The molecule has 1 heterocycles. The van der Waals surface area contributed by atoms with Gasteiger partial charge in [-0.05, 0) is 26.3 Å². The third-order valence-corrected chi connectivity index (χ3v) is 2.76. The van der Waals surface area contributed by atoms with Crippen LogP contribution in [0.15, 0.2) is 24.3 Å². The summed E-state index contributed by atoms with van der Waals surface area (Å²) in [6.07, 6.45) is 0. The minimum Gasteiger partial charge on any atom is -0.464 e. The normalized spacial score (nSPS) is 10.2. The van der Waals surface area contributed by atoms with Crippen LogP contribution in [0, 0.1) is 6.92 Å². The summed E-state index contributed by atoms with van der Waals surface area (Å²) in [5.41, 5.74) is 2.41. The van der Waals surface area contributed by atoms with Crippen molar-refractivity contribution in [3.05, 3.63) is 35.4 Å². The van der Waals surface area contributed by atoms with Gasteiger partial charge in [0.2, 0.25) is 11.9 Å². The fourth-order valence-electron chi connectivity index (χ4n) is 1.87. The van der Waals surface area contributed by atoms with Gasteiger partial charge in [-0.1, -0.05) is 29.8 Å². The lowest BCUT2D eigenvalue weighted by Gasteiger charge is -2.09. The van der Waals surface area contributed by atoms with E-state index in [1.807, 2.05) is 19.9 Å². The van der Waals surface area contributed by atoms with E-state index in [4.69, 9.17) is 4.74 Å². The van der Waals surface area contributed by atoms with Gasteiger partial charge in [-0.3, -0.25) is 0 Å². The van der Waals surface area contributed by atoms with Crippen LogP contribution in [0.2, 0.25) is 0 Å². The highest BCUT2D eigenvalue weighted by molar-refractivity contribution is 5.37. The number of aryl methyl sites for hydroxylation is 1. The van der Waals surface area contributed by atoms with Gasteiger partial charge >= 0.3 is 6.01 Å². The molecule has 0 aliphatic carbocycles. The van der Waals surface area contributed by atoms with Crippen LogP contribution in [0.4, 0.5) is 11.9 Å². The fourth-order valence-corrected chi connectivity index (χ4v) is 1.87. The number of anilines is 2. The molecule has 0 saturated heterocycles. The molecule has 1 aromatic carbocycles. The van der Waals surface area contributed by atoms with Crippen molar-refractivity contribution >= 4 is 11.9 Å². The van der Waals surface area contributed by atoms with E-state index in [1.165, 1.54) is 11.1 Å². The molecule has 0 saturated carbocycles. The average molecular weight is 287 g/mol. The van der Waals surface area contributed by atoms with Gasteiger partial charge in [0.1, 0.15) is 0 Å². The second kappa shape index (κ2) is 7.42. The molecule has 0 amide bonds. The Morgan fingerprint density at radius 3 is 2.48 bits per heavy atom. The molecule has 0 bridgehead atoms. The molecule has 0 spiro atoms. The van der Waals surface area contributed by atoms with Crippen molar-refractivity contribution in [1.82, 2.24) is 15.0 Å². The minimum absolute atomic E-state index is 0.329. The van der Waals surface area contributed by atoms with E-state index in [1.54, 1.807) is 0 Å². The summed E-state index contributed by atoms with van der Waals surface area (Å²) in [5.74, 6) is 1.02. The second-order valence-electron chi connectivity index (χ2n) is 4.57. The van der Waals surface area contributed by atoms with E-state index in [0.29, 0.717) is 31.1 Å². The maximum atomic E-state index is 5.36. The number of rotatable bonds is 7. The van der Waals surface area contributed by atoms with Crippen molar-refractivity contribution in [1.29, 1.82) is 0 Å². The van der Waals surface area contributed by atoms with Crippen LogP contribution in [0.25, 0.3) is 0 Å². The highest BCUT2D eigenvalue weighted by Gasteiger charge is 2.06. The molecule has 1 aromatic heterocycles. The van der Waals surface area contributed by atoms with Crippen LogP contribution >= 0.6 is 0 Å². The van der Waals surface area contributed by atoms with E-state index in [-0.39, 0.29) is 0 Å². The lowest BCUT2D eigenvalue weighted by molar-refractivity contribution is 0.312. The maximum absolute atomic E-state index is 5.36. The van der Waals surface area contributed by atoms with Crippen LogP contribution in [0.1, 0.15) is 25.0 Å². The molecule has 0 radical (unpaired) electrons. The summed E-state index contributed by atoms with van der Waals surface area (Å²) in [7, 11) is 0. The quantitative estimate of drug-likeness (QED) is 0.815. The summed E-state index contributed by atoms with van der Waals surface area (Å²) in [5, 5.41) is 6.28. The number of ether oxygens (including phenoxy) is 1. The predicted molar refractivity (Wildman–Crippen MR) is 83.7 cm³/mol. The van der Waals surface area contributed by atoms with E-state index >= 15 is 0 Å². The first-order valence-electron chi connectivity index (χ1n) is 7.13. The molecule has 21 heavy (non-hydrogen) atoms. The molecule has 6 nitrogen and oxygen atoms in total. The van der Waals surface area contributed by atoms with E-state index in [2.05, 4.69) is 50.7 Å². The third kappa shape index (κ3) is 4.59. The Hall–Kier alpha value is -2.37. The molecule has 6 heteroatoms. The Labute approximate surface area is 125 Å². The van der Waals surface area contributed by atoms with Gasteiger partial charge in [0.05, 0.1) is 6.61 Å². The Morgan fingerprint density at radius 2 is 1.81 bits per heavy atom. The van der Waals surface area contributed by atoms with Crippen LogP contribution in [0.3, 0.4) is 0 Å². The Morgan fingerprint density at radius 1 is 1.05 bits per heavy atom. The molecule has 0 aliphatic heterocycles. The van der Waals surface area contributed by atoms with Gasteiger partial charge in [0.25, 0.3) is 0 Å². The van der Waals surface area contributed by atoms with Gasteiger partial charge in [-0.25, -0.2) is 0 Å². The van der Waals surface area contributed by atoms with Crippen molar-refractivity contribution in [2.75, 3.05) is 23.8 Å². The number of aromatic nitrogens is 3. The topological polar surface area (TPSA) is 72.0 Å². The van der Waals surface area contributed by atoms with E-state index in [9.17, 15) is 0 Å². The molecule has 0 unspecified atom stereocenters.